The number of rotatable bonds is 4. The Kier molecular flexibility index (Phi) is 4.30. The Bertz CT molecular complexity index is 774. The smallest absolute Gasteiger partial charge is 0.203 e. The predicted octanol–water partition coefficient (Wildman–Crippen LogP) is 4.95. The number of anilines is 1. The Morgan fingerprint density at radius 2 is 1.77 bits per heavy atom. The lowest BCUT2D eigenvalue weighted by molar-refractivity contribution is 1.27. The van der Waals surface area contributed by atoms with E-state index in [-0.39, 0.29) is 0 Å². The van der Waals surface area contributed by atoms with Crippen LogP contribution in [0, 0.1) is 6.92 Å². The van der Waals surface area contributed by atoms with Crippen LogP contribution in [0.2, 0.25) is 0 Å². The molecule has 0 aliphatic carbocycles. The van der Waals surface area contributed by atoms with E-state index in [2.05, 4.69) is 58.8 Å². The molecule has 1 heterocycles. The number of hydrogen-bond acceptors (Lipinski definition) is 4. The summed E-state index contributed by atoms with van der Waals surface area (Å²) in [5, 5.41) is 7.25. The van der Waals surface area contributed by atoms with Gasteiger partial charge in [0.15, 0.2) is 0 Å². The van der Waals surface area contributed by atoms with Gasteiger partial charge >= 0.3 is 0 Å². The normalized spacial score (nSPS) is 11.5. The minimum Gasteiger partial charge on any atom is -0.252 e. The number of nitrogens with zero attached hydrogens (tertiary/aromatic N) is 2. The number of aryl methyl sites for hydroxylation is 1. The van der Waals surface area contributed by atoms with E-state index in [1.807, 2.05) is 30.5 Å². The van der Waals surface area contributed by atoms with Crippen molar-refractivity contribution in [2.75, 3.05) is 5.43 Å². The third kappa shape index (κ3) is 3.40. The van der Waals surface area contributed by atoms with Crippen molar-refractivity contribution in [2.45, 2.75) is 13.8 Å². The summed E-state index contributed by atoms with van der Waals surface area (Å²) in [6, 6.07) is 18.5. The van der Waals surface area contributed by atoms with Crippen LogP contribution in [0.3, 0.4) is 0 Å². The summed E-state index contributed by atoms with van der Waals surface area (Å²) in [6.45, 7) is 4.07. The molecule has 3 aromatic rings. The standard InChI is InChI=1S/C18H17N3S/c1-13-8-10-15(11-9-13)14(2)20-21-18-19-17(12-22-18)16-6-4-3-5-7-16/h3-12H,1-2H3,(H,19,21)/b20-14+. The SMILES string of the molecule is C/C(=N\Nc1nc(-c2ccccc2)cs1)c1ccc(C)cc1. The fraction of sp³-hybridized carbons (Fsp3) is 0.111. The van der Waals surface area contributed by atoms with Gasteiger partial charge in [0.25, 0.3) is 0 Å². The highest BCUT2D eigenvalue weighted by atomic mass is 32.1. The van der Waals surface area contributed by atoms with Crippen LogP contribution in [0.4, 0.5) is 5.13 Å². The quantitative estimate of drug-likeness (QED) is 0.546. The molecular weight excluding hydrogens is 290 g/mol. The fourth-order valence-electron chi connectivity index (χ4n) is 2.06. The molecule has 2 aromatic carbocycles. The largest absolute Gasteiger partial charge is 0.252 e. The van der Waals surface area contributed by atoms with Crippen LogP contribution in [0.1, 0.15) is 18.1 Å². The van der Waals surface area contributed by atoms with Gasteiger partial charge in [-0.3, -0.25) is 5.43 Å². The number of aromatic nitrogens is 1. The zero-order valence-electron chi connectivity index (χ0n) is 12.6. The lowest BCUT2D eigenvalue weighted by Gasteiger charge is -2.02. The Labute approximate surface area is 134 Å². The van der Waals surface area contributed by atoms with Gasteiger partial charge in [-0.25, -0.2) is 4.98 Å². The summed E-state index contributed by atoms with van der Waals surface area (Å²) in [4.78, 5) is 4.56. The number of thiazole rings is 1. The molecule has 3 nitrogen and oxygen atoms in total. The van der Waals surface area contributed by atoms with E-state index in [1.165, 1.54) is 5.56 Å². The van der Waals surface area contributed by atoms with Gasteiger partial charge in [-0.15, -0.1) is 11.3 Å². The van der Waals surface area contributed by atoms with Gasteiger partial charge < -0.3 is 0 Å². The van der Waals surface area contributed by atoms with Crippen molar-refractivity contribution in [3.63, 3.8) is 0 Å². The fourth-order valence-corrected chi connectivity index (χ4v) is 2.72. The molecule has 0 atom stereocenters. The van der Waals surface area contributed by atoms with Crippen molar-refractivity contribution in [1.29, 1.82) is 0 Å². The molecule has 0 saturated carbocycles. The maximum Gasteiger partial charge on any atom is 0.203 e. The third-order valence-electron chi connectivity index (χ3n) is 3.36. The van der Waals surface area contributed by atoms with E-state index in [4.69, 9.17) is 0 Å². The molecule has 3 rings (SSSR count). The molecule has 0 fully saturated rings. The third-order valence-corrected chi connectivity index (χ3v) is 4.11. The highest BCUT2D eigenvalue weighted by Crippen LogP contribution is 2.24. The maximum atomic E-state index is 4.56. The molecule has 110 valence electrons. The van der Waals surface area contributed by atoms with Crippen LogP contribution in [-0.2, 0) is 0 Å². The zero-order valence-corrected chi connectivity index (χ0v) is 13.4. The number of hydrazone groups is 1. The molecule has 0 radical (unpaired) electrons. The first-order chi connectivity index (χ1) is 10.7. The molecule has 22 heavy (non-hydrogen) atoms. The minimum absolute atomic E-state index is 0.797. The minimum atomic E-state index is 0.797. The Balaban J connectivity index is 1.73. The maximum absolute atomic E-state index is 4.56. The van der Waals surface area contributed by atoms with Crippen molar-refractivity contribution in [3.8, 4) is 11.3 Å². The first-order valence-electron chi connectivity index (χ1n) is 7.10. The molecule has 0 spiro atoms. The molecule has 0 aliphatic rings. The van der Waals surface area contributed by atoms with Gasteiger partial charge in [-0.05, 0) is 19.4 Å². The molecule has 4 heteroatoms. The predicted molar refractivity (Wildman–Crippen MR) is 94.6 cm³/mol. The van der Waals surface area contributed by atoms with Gasteiger partial charge in [0, 0.05) is 10.9 Å². The average Bonchev–Trinajstić information content (AvgIpc) is 3.03. The van der Waals surface area contributed by atoms with Gasteiger partial charge in [-0.2, -0.15) is 5.10 Å². The van der Waals surface area contributed by atoms with Crippen molar-refractivity contribution in [3.05, 3.63) is 71.1 Å². The van der Waals surface area contributed by atoms with Crippen LogP contribution in [-0.4, -0.2) is 10.7 Å². The van der Waals surface area contributed by atoms with Crippen molar-refractivity contribution in [2.24, 2.45) is 5.10 Å². The number of nitrogens with one attached hydrogen (secondary N) is 1. The van der Waals surface area contributed by atoms with Gasteiger partial charge in [0.05, 0.1) is 11.4 Å². The summed E-state index contributed by atoms with van der Waals surface area (Å²) in [6.07, 6.45) is 0. The van der Waals surface area contributed by atoms with E-state index >= 15 is 0 Å². The Morgan fingerprint density at radius 1 is 1.05 bits per heavy atom. The molecular formula is C18H17N3S. The summed E-state index contributed by atoms with van der Waals surface area (Å²) in [5.74, 6) is 0. The van der Waals surface area contributed by atoms with Crippen molar-refractivity contribution < 1.29 is 0 Å². The summed E-state index contributed by atoms with van der Waals surface area (Å²) in [7, 11) is 0. The second-order valence-electron chi connectivity index (χ2n) is 5.08. The second-order valence-corrected chi connectivity index (χ2v) is 5.94. The molecule has 0 saturated heterocycles. The van der Waals surface area contributed by atoms with E-state index in [0.717, 1.165) is 27.7 Å². The van der Waals surface area contributed by atoms with Crippen molar-refractivity contribution in [1.82, 2.24) is 4.98 Å². The van der Waals surface area contributed by atoms with Crippen LogP contribution in [0.25, 0.3) is 11.3 Å². The van der Waals surface area contributed by atoms with E-state index in [1.54, 1.807) is 11.3 Å². The van der Waals surface area contributed by atoms with E-state index in [9.17, 15) is 0 Å². The molecule has 0 aliphatic heterocycles. The van der Waals surface area contributed by atoms with Crippen LogP contribution >= 0.6 is 11.3 Å². The van der Waals surface area contributed by atoms with Gasteiger partial charge in [0.1, 0.15) is 0 Å². The first kappa shape index (κ1) is 14.5. The van der Waals surface area contributed by atoms with Gasteiger partial charge in [-0.1, -0.05) is 60.2 Å². The topological polar surface area (TPSA) is 37.3 Å². The summed E-state index contributed by atoms with van der Waals surface area (Å²) in [5.41, 5.74) is 8.43. The highest BCUT2D eigenvalue weighted by molar-refractivity contribution is 7.14. The highest BCUT2D eigenvalue weighted by Gasteiger charge is 2.03. The Morgan fingerprint density at radius 3 is 2.50 bits per heavy atom. The lowest BCUT2D eigenvalue weighted by atomic mass is 10.1. The molecule has 0 bridgehead atoms. The monoisotopic (exact) mass is 307 g/mol. The van der Waals surface area contributed by atoms with Crippen molar-refractivity contribution >= 4 is 22.2 Å². The Hall–Kier alpha value is -2.46. The lowest BCUT2D eigenvalue weighted by Crippen LogP contribution is -1.99. The van der Waals surface area contributed by atoms with Crippen LogP contribution < -0.4 is 5.43 Å². The molecule has 0 unspecified atom stereocenters. The molecule has 1 N–H and O–H groups in total. The first-order valence-corrected chi connectivity index (χ1v) is 7.98. The average molecular weight is 307 g/mol. The van der Waals surface area contributed by atoms with Gasteiger partial charge in [0.2, 0.25) is 5.13 Å². The number of hydrogen-bond donors (Lipinski definition) is 1. The second kappa shape index (κ2) is 6.54. The van der Waals surface area contributed by atoms with Crippen LogP contribution in [0.5, 0.6) is 0 Å². The summed E-state index contributed by atoms with van der Waals surface area (Å²) < 4.78 is 0. The number of benzene rings is 2. The van der Waals surface area contributed by atoms with Crippen LogP contribution in [0.15, 0.2) is 65.1 Å². The summed E-state index contributed by atoms with van der Waals surface area (Å²) >= 11 is 1.55. The molecule has 1 aromatic heterocycles. The molecule has 0 amide bonds. The van der Waals surface area contributed by atoms with E-state index in [0.29, 0.717) is 0 Å². The zero-order chi connectivity index (χ0) is 15.4. The van der Waals surface area contributed by atoms with E-state index < -0.39 is 0 Å².